The van der Waals surface area contributed by atoms with Gasteiger partial charge in [0, 0.05) is 5.54 Å². The molecule has 0 bridgehead atoms. The maximum Gasteiger partial charge on any atom is 0.335 e. The quantitative estimate of drug-likeness (QED) is 0.857. The molecular weight excluding hydrogens is 317 g/mol. The molecule has 9 heteroatoms. The largest absolute Gasteiger partial charge is 0.487 e. The smallest absolute Gasteiger partial charge is 0.335 e. The molecular formula is C10H9Cl2NO5S. The predicted molar refractivity (Wildman–Crippen MR) is 70.1 cm³/mol. The Kier molecular flexibility index (Phi) is 5.19. The van der Waals surface area contributed by atoms with E-state index in [2.05, 4.69) is 0 Å². The van der Waals surface area contributed by atoms with E-state index in [0.717, 1.165) is 11.6 Å². The van der Waals surface area contributed by atoms with Crippen LogP contribution in [0.4, 0.5) is 0 Å². The lowest BCUT2D eigenvalue weighted by Gasteiger charge is -2.10. The van der Waals surface area contributed by atoms with Gasteiger partial charge in [-0.2, -0.15) is 0 Å². The van der Waals surface area contributed by atoms with Gasteiger partial charge >= 0.3 is 5.97 Å². The Balaban J connectivity index is 3.21. The summed E-state index contributed by atoms with van der Waals surface area (Å²) in [5, 5.41) is 13.9. The standard InChI is InChI=1S/C10H9Cl2NO5S/c11-4-7(12)5-18-8-2-1-6(10(14)15)3-9(8)19(13,16)17/h1-4H,5H2,(H,14,15)(H2,13,16,17)/b7-4-. The molecule has 0 saturated carbocycles. The normalized spacial score (nSPS) is 12.3. The van der Waals surface area contributed by atoms with Crippen LogP contribution in [-0.2, 0) is 10.0 Å². The average Bonchev–Trinajstić information content (AvgIpc) is 2.34. The van der Waals surface area contributed by atoms with E-state index in [-0.39, 0.29) is 23.0 Å². The summed E-state index contributed by atoms with van der Waals surface area (Å²) in [5.74, 6) is -1.39. The molecule has 1 rings (SSSR count). The van der Waals surface area contributed by atoms with Gasteiger partial charge in [-0.3, -0.25) is 0 Å². The summed E-state index contributed by atoms with van der Waals surface area (Å²) < 4.78 is 27.9. The van der Waals surface area contributed by atoms with Gasteiger partial charge in [0.25, 0.3) is 0 Å². The van der Waals surface area contributed by atoms with E-state index in [1.165, 1.54) is 12.1 Å². The first-order valence-electron chi connectivity index (χ1n) is 4.73. The van der Waals surface area contributed by atoms with E-state index in [1.807, 2.05) is 0 Å². The minimum atomic E-state index is -4.13. The minimum absolute atomic E-state index is 0.107. The van der Waals surface area contributed by atoms with Gasteiger partial charge < -0.3 is 9.84 Å². The number of hydrogen-bond acceptors (Lipinski definition) is 4. The van der Waals surface area contributed by atoms with Crippen molar-refractivity contribution in [2.45, 2.75) is 4.90 Å². The van der Waals surface area contributed by atoms with Crippen molar-refractivity contribution in [3.8, 4) is 5.75 Å². The van der Waals surface area contributed by atoms with E-state index in [4.69, 9.17) is 38.2 Å². The molecule has 0 aromatic heterocycles. The summed E-state index contributed by atoms with van der Waals surface area (Å²) in [4.78, 5) is 10.3. The number of halogens is 2. The van der Waals surface area contributed by atoms with E-state index in [1.54, 1.807) is 0 Å². The highest BCUT2D eigenvalue weighted by Crippen LogP contribution is 2.25. The molecule has 1 aromatic carbocycles. The number of primary sulfonamides is 1. The second-order valence-corrected chi connectivity index (χ2v) is 5.59. The molecule has 19 heavy (non-hydrogen) atoms. The average molecular weight is 326 g/mol. The molecule has 0 atom stereocenters. The van der Waals surface area contributed by atoms with Crippen molar-refractivity contribution >= 4 is 39.2 Å². The molecule has 0 spiro atoms. The molecule has 104 valence electrons. The number of ether oxygens (including phenoxy) is 1. The highest BCUT2D eigenvalue weighted by Gasteiger charge is 2.18. The summed E-state index contributed by atoms with van der Waals surface area (Å²) in [6.07, 6.45) is 0. The zero-order valence-electron chi connectivity index (χ0n) is 9.34. The van der Waals surface area contributed by atoms with Crippen molar-refractivity contribution in [3.63, 3.8) is 0 Å². The number of sulfonamides is 1. The fourth-order valence-corrected chi connectivity index (χ4v) is 1.98. The Hall–Kier alpha value is -1.28. The highest BCUT2D eigenvalue weighted by molar-refractivity contribution is 7.89. The summed E-state index contributed by atoms with van der Waals surface area (Å²) in [6.45, 7) is -0.167. The Labute approximate surface area is 119 Å². The first kappa shape index (κ1) is 15.8. The van der Waals surface area contributed by atoms with Gasteiger partial charge in [-0.05, 0) is 18.2 Å². The maximum absolute atomic E-state index is 11.4. The van der Waals surface area contributed by atoms with E-state index in [0.29, 0.717) is 0 Å². The maximum atomic E-state index is 11.4. The van der Waals surface area contributed by atoms with E-state index < -0.39 is 20.9 Å². The second kappa shape index (κ2) is 6.25. The number of rotatable bonds is 5. The van der Waals surface area contributed by atoms with Crippen LogP contribution in [0.1, 0.15) is 10.4 Å². The van der Waals surface area contributed by atoms with Gasteiger partial charge in [-0.15, -0.1) is 0 Å². The van der Waals surface area contributed by atoms with Gasteiger partial charge in [-0.25, -0.2) is 18.4 Å². The van der Waals surface area contributed by atoms with Crippen molar-refractivity contribution in [1.29, 1.82) is 0 Å². The number of hydrogen-bond donors (Lipinski definition) is 2. The van der Waals surface area contributed by atoms with Crippen molar-refractivity contribution in [3.05, 3.63) is 34.3 Å². The summed E-state index contributed by atoms with van der Waals surface area (Å²) >= 11 is 10.9. The first-order chi connectivity index (χ1) is 8.75. The fourth-order valence-electron chi connectivity index (χ4n) is 1.16. The molecule has 3 N–H and O–H groups in total. The van der Waals surface area contributed by atoms with Gasteiger partial charge in [0.05, 0.1) is 10.6 Å². The van der Waals surface area contributed by atoms with Crippen LogP contribution in [-0.4, -0.2) is 26.1 Å². The van der Waals surface area contributed by atoms with Crippen molar-refractivity contribution < 1.29 is 23.1 Å². The highest BCUT2D eigenvalue weighted by atomic mass is 35.5. The summed E-state index contributed by atoms with van der Waals surface area (Å²) in [7, 11) is -4.13. The molecule has 1 aromatic rings. The zero-order chi connectivity index (χ0) is 14.6. The Morgan fingerprint density at radius 3 is 2.58 bits per heavy atom. The van der Waals surface area contributed by atoms with Crippen LogP contribution in [0.3, 0.4) is 0 Å². The van der Waals surface area contributed by atoms with E-state index in [9.17, 15) is 13.2 Å². The lowest BCUT2D eigenvalue weighted by Crippen LogP contribution is -2.15. The van der Waals surface area contributed by atoms with Crippen LogP contribution in [0.15, 0.2) is 33.7 Å². The number of benzene rings is 1. The minimum Gasteiger partial charge on any atom is -0.487 e. The van der Waals surface area contributed by atoms with Crippen molar-refractivity contribution in [1.82, 2.24) is 0 Å². The number of carboxylic acids is 1. The van der Waals surface area contributed by atoms with Crippen molar-refractivity contribution in [2.75, 3.05) is 6.61 Å². The molecule has 0 aliphatic heterocycles. The third-order valence-electron chi connectivity index (χ3n) is 1.98. The Morgan fingerprint density at radius 1 is 1.47 bits per heavy atom. The van der Waals surface area contributed by atoms with E-state index >= 15 is 0 Å². The third kappa shape index (κ3) is 4.39. The van der Waals surface area contributed by atoms with Crippen LogP contribution in [0.25, 0.3) is 0 Å². The molecule has 0 heterocycles. The molecule has 0 aliphatic rings. The summed E-state index contributed by atoms with van der Waals surface area (Å²) in [6, 6.07) is 3.28. The number of carboxylic acid groups (broad SMARTS) is 1. The Bertz CT molecular complexity index is 627. The Morgan fingerprint density at radius 2 is 2.11 bits per heavy atom. The molecule has 0 unspecified atom stereocenters. The van der Waals surface area contributed by atoms with Gasteiger partial charge in [0.15, 0.2) is 0 Å². The number of aromatic carboxylic acids is 1. The van der Waals surface area contributed by atoms with Gasteiger partial charge in [0.2, 0.25) is 10.0 Å². The second-order valence-electron chi connectivity index (χ2n) is 3.36. The van der Waals surface area contributed by atoms with Crippen LogP contribution < -0.4 is 9.88 Å². The number of carbonyl (C=O) groups is 1. The lowest BCUT2D eigenvalue weighted by atomic mass is 10.2. The van der Waals surface area contributed by atoms with Gasteiger partial charge in [0.1, 0.15) is 17.3 Å². The number of nitrogens with two attached hydrogens (primary N) is 1. The first-order valence-corrected chi connectivity index (χ1v) is 7.09. The molecule has 0 aliphatic carbocycles. The van der Waals surface area contributed by atoms with Crippen LogP contribution in [0.2, 0.25) is 0 Å². The zero-order valence-corrected chi connectivity index (χ0v) is 11.7. The topological polar surface area (TPSA) is 107 Å². The molecule has 0 saturated heterocycles. The van der Waals surface area contributed by atoms with Gasteiger partial charge in [-0.1, -0.05) is 23.2 Å². The van der Waals surface area contributed by atoms with Crippen molar-refractivity contribution in [2.24, 2.45) is 5.14 Å². The lowest BCUT2D eigenvalue weighted by molar-refractivity contribution is 0.0696. The monoisotopic (exact) mass is 325 g/mol. The third-order valence-corrected chi connectivity index (χ3v) is 3.51. The van der Waals surface area contributed by atoms with Crippen LogP contribution >= 0.6 is 23.2 Å². The SMILES string of the molecule is NS(=O)(=O)c1cc(C(=O)O)ccc1OC/C(Cl)=C/Cl. The van der Waals surface area contributed by atoms with Crippen LogP contribution in [0.5, 0.6) is 5.75 Å². The molecule has 0 amide bonds. The predicted octanol–water partition coefficient (Wildman–Crippen LogP) is 1.73. The molecule has 0 radical (unpaired) electrons. The summed E-state index contributed by atoms with van der Waals surface area (Å²) in [5.41, 5.74) is 0.833. The molecule has 0 fully saturated rings. The fraction of sp³-hybridized carbons (Fsp3) is 0.100. The molecule has 6 nitrogen and oxygen atoms in total. The van der Waals surface area contributed by atoms with Crippen LogP contribution in [0, 0.1) is 0 Å².